The van der Waals surface area contributed by atoms with Gasteiger partial charge in [-0.25, -0.2) is 0 Å². The van der Waals surface area contributed by atoms with Crippen molar-refractivity contribution in [2.75, 3.05) is 19.4 Å². The average molecular weight is 413 g/mol. The molecule has 154 valence electrons. The third-order valence-electron chi connectivity index (χ3n) is 6.01. The zero-order chi connectivity index (χ0) is 19.6. The van der Waals surface area contributed by atoms with Crippen molar-refractivity contribution >= 4 is 22.6 Å². The number of carbonyl (C=O) groups excluding carboxylic acids is 1. The molecule has 1 aliphatic carbocycles. The smallest absolute Gasteiger partial charge is 0.291 e. The zero-order valence-corrected chi connectivity index (χ0v) is 17.9. The molecule has 1 amide bonds. The van der Waals surface area contributed by atoms with Crippen LogP contribution in [0.25, 0.3) is 11.0 Å². The molecule has 1 N–H and O–H groups in total. The molecule has 4 rings (SSSR count). The molecule has 3 aromatic rings. The molecule has 0 saturated heterocycles. The summed E-state index contributed by atoms with van der Waals surface area (Å²) in [6, 6.07) is 18.4. The number of carbonyl (C=O) groups is 1. The quantitative estimate of drug-likeness (QED) is 0.654. The van der Waals surface area contributed by atoms with Crippen LogP contribution in [0.2, 0.25) is 0 Å². The van der Waals surface area contributed by atoms with Crippen molar-refractivity contribution in [3.05, 3.63) is 65.9 Å². The van der Waals surface area contributed by atoms with E-state index >= 15 is 0 Å². The number of amides is 1. The van der Waals surface area contributed by atoms with Gasteiger partial charge < -0.3 is 26.6 Å². The minimum atomic E-state index is -0.220. The molecule has 4 nitrogen and oxygen atoms in total. The Morgan fingerprint density at radius 2 is 1.72 bits per heavy atom. The molecule has 1 heterocycles. The van der Waals surface area contributed by atoms with Crippen molar-refractivity contribution in [2.24, 2.45) is 0 Å². The third kappa shape index (κ3) is 5.01. The third-order valence-corrected chi connectivity index (χ3v) is 6.01. The Morgan fingerprint density at radius 3 is 2.41 bits per heavy atom. The number of anilines is 1. The van der Waals surface area contributed by atoms with Gasteiger partial charge in [0, 0.05) is 16.6 Å². The molecule has 0 atom stereocenters. The lowest BCUT2D eigenvalue weighted by Gasteiger charge is -2.40. The standard InChI is InChI=1S/C24H28N2O2.ClH/c1-26(2,21-9-4-3-5-10-21)17-18-12-14-20(15-13-18)25-24(27)23-16-19-8-6-7-11-22(19)28-23;/h6-8,11-16,21H,3-5,9-10,17H2,1-2H3;1H. The van der Waals surface area contributed by atoms with E-state index in [1.54, 1.807) is 6.07 Å². The lowest BCUT2D eigenvalue weighted by atomic mass is 9.92. The van der Waals surface area contributed by atoms with Crippen molar-refractivity contribution in [3.63, 3.8) is 0 Å². The van der Waals surface area contributed by atoms with Crippen LogP contribution in [0.15, 0.2) is 59.0 Å². The Bertz CT molecular complexity index is 923. The fourth-order valence-electron chi connectivity index (χ4n) is 4.36. The number of benzene rings is 2. The fourth-order valence-corrected chi connectivity index (χ4v) is 4.36. The van der Waals surface area contributed by atoms with Gasteiger partial charge in [0.05, 0.1) is 20.1 Å². The highest BCUT2D eigenvalue weighted by Gasteiger charge is 2.29. The lowest BCUT2D eigenvalue weighted by molar-refractivity contribution is -0.929. The van der Waals surface area contributed by atoms with Crippen molar-refractivity contribution in [3.8, 4) is 0 Å². The van der Waals surface area contributed by atoms with Gasteiger partial charge in [0.15, 0.2) is 5.76 Å². The van der Waals surface area contributed by atoms with Gasteiger partial charge in [0.25, 0.3) is 5.91 Å². The first-order chi connectivity index (χ1) is 13.5. The van der Waals surface area contributed by atoms with Crippen molar-refractivity contribution in [2.45, 2.75) is 44.7 Å². The van der Waals surface area contributed by atoms with E-state index in [4.69, 9.17) is 4.42 Å². The number of hydrogen-bond donors (Lipinski definition) is 1. The van der Waals surface area contributed by atoms with Gasteiger partial charge in [-0.3, -0.25) is 4.79 Å². The highest BCUT2D eigenvalue weighted by atomic mass is 35.5. The normalized spacial score (nSPS) is 15.1. The number of fused-ring (bicyclic) bond motifs is 1. The highest BCUT2D eigenvalue weighted by Crippen LogP contribution is 2.28. The first kappa shape index (κ1) is 21.4. The lowest BCUT2D eigenvalue weighted by Crippen LogP contribution is -3.00. The molecule has 5 heteroatoms. The Labute approximate surface area is 178 Å². The number of nitrogens with zero attached hydrogens (tertiary/aromatic N) is 1. The van der Waals surface area contributed by atoms with Gasteiger partial charge in [-0.15, -0.1) is 0 Å². The molecule has 0 unspecified atom stereocenters. The monoisotopic (exact) mass is 412 g/mol. The van der Waals surface area contributed by atoms with Crippen molar-refractivity contribution in [1.82, 2.24) is 0 Å². The van der Waals surface area contributed by atoms with E-state index in [0.717, 1.165) is 33.7 Å². The number of nitrogens with one attached hydrogen (secondary N) is 1. The van der Waals surface area contributed by atoms with Gasteiger partial charge in [-0.05, 0) is 49.9 Å². The van der Waals surface area contributed by atoms with E-state index in [0.29, 0.717) is 5.76 Å². The largest absolute Gasteiger partial charge is 1.00 e. The van der Waals surface area contributed by atoms with Gasteiger partial charge in [-0.1, -0.05) is 36.8 Å². The Morgan fingerprint density at radius 1 is 1.03 bits per heavy atom. The molecule has 1 aromatic heterocycles. The van der Waals surface area contributed by atoms with E-state index in [9.17, 15) is 4.79 Å². The van der Waals surface area contributed by atoms with Crippen molar-refractivity contribution < 1.29 is 26.1 Å². The summed E-state index contributed by atoms with van der Waals surface area (Å²) in [5, 5.41) is 3.87. The maximum absolute atomic E-state index is 12.5. The molecule has 0 bridgehead atoms. The van der Waals surface area contributed by atoms with Gasteiger partial charge in [-0.2, -0.15) is 0 Å². The molecule has 2 aromatic carbocycles. The Kier molecular flexibility index (Phi) is 6.66. The number of para-hydroxylation sites is 1. The minimum Gasteiger partial charge on any atom is -1.00 e. The summed E-state index contributed by atoms with van der Waals surface area (Å²) in [5.41, 5.74) is 2.82. The maximum Gasteiger partial charge on any atom is 0.291 e. The minimum absolute atomic E-state index is 0. The Balaban J connectivity index is 0.00000240. The van der Waals surface area contributed by atoms with Crippen LogP contribution in [0.5, 0.6) is 0 Å². The van der Waals surface area contributed by atoms with Crippen LogP contribution in [0.4, 0.5) is 5.69 Å². The second-order valence-corrected chi connectivity index (χ2v) is 8.53. The van der Waals surface area contributed by atoms with Gasteiger partial charge >= 0.3 is 0 Å². The summed E-state index contributed by atoms with van der Waals surface area (Å²) in [4.78, 5) is 12.5. The van der Waals surface area contributed by atoms with Crippen LogP contribution in [-0.2, 0) is 6.54 Å². The number of quaternary nitrogens is 1. The van der Waals surface area contributed by atoms with E-state index in [2.05, 4.69) is 31.5 Å². The zero-order valence-electron chi connectivity index (χ0n) is 17.2. The molecule has 1 aliphatic rings. The summed E-state index contributed by atoms with van der Waals surface area (Å²) >= 11 is 0. The number of halogens is 1. The number of furan rings is 1. The van der Waals surface area contributed by atoms with E-state index in [1.807, 2.05) is 36.4 Å². The van der Waals surface area contributed by atoms with Gasteiger partial charge in [0.2, 0.25) is 0 Å². The van der Waals surface area contributed by atoms with Crippen molar-refractivity contribution in [1.29, 1.82) is 0 Å². The fraction of sp³-hybridized carbons (Fsp3) is 0.375. The first-order valence-corrected chi connectivity index (χ1v) is 10.2. The van der Waals surface area contributed by atoms with Crippen LogP contribution in [0.1, 0.15) is 48.2 Å². The van der Waals surface area contributed by atoms with Gasteiger partial charge in [0.1, 0.15) is 12.1 Å². The predicted octanol–water partition coefficient (Wildman–Crippen LogP) is 2.60. The molecule has 29 heavy (non-hydrogen) atoms. The molecular formula is C24H29ClN2O2. The summed E-state index contributed by atoms with van der Waals surface area (Å²) < 4.78 is 6.68. The van der Waals surface area contributed by atoms with E-state index in [-0.39, 0.29) is 18.3 Å². The predicted molar refractivity (Wildman–Crippen MR) is 113 cm³/mol. The topological polar surface area (TPSA) is 42.2 Å². The second-order valence-electron chi connectivity index (χ2n) is 8.53. The SMILES string of the molecule is C[N+](C)(Cc1ccc(NC(=O)c2cc3ccccc3o2)cc1)C1CCCCC1.[Cl-]. The Hall–Kier alpha value is -2.30. The average Bonchev–Trinajstić information content (AvgIpc) is 3.14. The molecule has 0 radical (unpaired) electrons. The van der Waals surface area contributed by atoms with E-state index < -0.39 is 0 Å². The molecular weight excluding hydrogens is 384 g/mol. The molecule has 1 saturated carbocycles. The summed E-state index contributed by atoms with van der Waals surface area (Å²) in [6.45, 7) is 1.02. The van der Waals surface area contributed by atoms with Crippen LogP contribution in [0.3, 0.4) is 0 Å². The van der Waals surface area contributed by atoms with Crippen LogP contribution in [0, 0.1) is 0 Å². The molecule has 0 aliphatic heterocycles. The highest BCUT2D eigenvalue weighted by molar-refractivity contribution is 6.04. The number of rotatable bonds is 5. The molecule has 0 spiro atoms. The van der Waals surface area contributed by atoms with Crippen LogP contribution < -0.4 is 17.7 Å². The molecule has 1 fully saturated rings. The summed E-state index contributed by atoms with van der Waals surface area (Å²) in [6.07, 6.45) is 6.77. The second kappa shape index (κ2) is 9.02. The summed E-state index contributed by atoms with van der Waals surface area (Å²) in [7, 11) is 4.68. The number of hydrogen-bond acceptors (Lipinski definition) is 2. The van der Waals surface area contributed by atoms with Crippen LogP contribution in [-0.4, -0.2) is 30.5 Å². The van der Waals surface area contributed by atoms with E-state index in [1.165, 1.54) is 37.7 Å². The summed E-state index contributed by atoms with van der Waals surface area (Å²) in [5.74, 6) is 0.114. The van der Waals surface area contributed by atoms with Crippen LogP contribution >= 0.6 is 0 Å². The maximum atomic E-state index is 12.5. The first-order valence-electron chi connectivity index (χ1n) is 10.2.